The van der Waals surface area contributed by atoms with Crippen LogP contribution >= 0.6 is 0 Å². The van der Waals surface area contributed by atoms with Crippen molar-refractivity contribution in [2.45, 2.75) is 52.1 Å². The van der Waals surface area contributed by atoms with Crippen LogP contribution in [0.5, 0.6) is 0 Å². The summed E-state index contributed by atoms with van der Waals surface area (Å²) in [6.07, 6.45) is 4.19. The van der Waals surface area contributed by atoms with Gasteiger partial charge in [0.05, 0.1) is 5.69 Å². The molecule has 0 aromatic carbocycles. The SMILES string of the molecule is CC(C)C(C)c1ocnc1CNC1CC1. The monoisotopic (exact) mass is 208 g/mol. The van der Waals surface area contributed by atoms with Gasteiger partial charge < -0.3 is 9.73 Å². The standard InChI is InChI=1S/C12H20N2O/c1-8(2)9(3)12-11(14-7-15-12)6-13-10-4-5-10/h7-10,13H,4-6H2,1-3H3. The smallest absolute Gasteiger partial charge is 0.181 e. The van der Waals surface area contributed by atoms with Crippen molar-refractivity contribution >= 4 is 0 Å². The van der Waals surface area contributed by atoms with Crippen molar-refractivity contribution in [2.24, 2.45) is 5.92 Å². The van der Waals surface area contributed by atoms with Crippen molar-refractivity contribution < 1.29 is 4.42 Å². The molecule has 0 aliphatic heterocycles. The second-order valence-electron chi connectivity index (χ2n) is 4.85. The Balaban J connectivity index is 1.99. The maximum atomic E-state index is 5.49. The molecule has 84 valence electrons. The van der Waals surface area contributed by atoms with Gasteiger partial charge in [-0.3, -0.25) is 0 Å². The Morgan fingerprint density at radius 1 is 1.47 bits per heavy atom. The van der Waals surface area contributed by atoms with Crippen molar-refractivity contribution in [1.29, 1.82) is 0 Å². The van der Waals surface area contributed by atoms with Gasteiger partial charge in [0.1, 0.15) is 5.76 Å². The van der Waals surface area contributed by atoms with Gasteiger partial charge in [0.25, 0.3) is 0 Å². The number of oxazole rings is 1. The molecule has 0 saturated heterocycles. The Bertz CT molecular complexity index is 315. The summed E-state index contributed by atoms with van der Waals surface area (Å²) in [7, 11) is 0. The highest BCUT2D eigenvalue weighted by atomic mass is 16.3. The average Bonchev–Trinajstić information content (AvgIpc) is 2.92. The van der Waals surface area contributed by atoms with E-state index in [0.29, 0.717) is 11.8 Å². The minimum atomic E-state index is 0.448. The molecule has 3 nitrogen and oxygen atoms in total. The summed E-state index contributed by atoms with van der Waals surface area (Å²) in [5.74, 6) is 2.10. The third-order valence-corrected chi connectivity index (χ3v) is 3.22. The minimum Gasteiger partial charge on any atom is -0.448 e. The molecular formula is C12H20N2O. The maximum absolute atomic E-state index is 5.49. The zero-order valence-corrected chi connectivity index (χ0v) is 9.79. The highest BCUT2D eigenvalue weighted by Gasteiger charge is 2.23. The summed E-state index contributed by atoms with van der Waals surface area (Å²) < 4.78 is 5.49. The van der Waals surface area contributed by atoms with Crippen LogP contribution in [0.2, 0.25) is 0 Å². The topological polar surface area (TPSA) is 38.1 Å². The molecule has 1 N–H and O–H groups in total. The van der Waals surface area contributed by atoms with Crippen molar-refractivity contribution in [3.8, 4) is 0 Å². The van der Waals surface area contributed by atoms with Crippen LogP contribution in [0.4, 0.5) is 0 Å². The third kappa shape index (κ3) is 2.59. The lowest BCUT2D eigenvalue weighted by Crippen LogP contribution is -2.17. The van der Waals surface area contributed by atoms with E-state index in [1.165, 1.54) is 12.8 Å². The Labute approximate surface area is 91.3 Å². The van der Waals surface area contributed by atoms with Crippen LogP contribution in [-0.4, -0.2) is 11.0 Å². The maximum Gasteiger partial charge on any atom is 0.181 e. The molecule has 1 aliphatic rings. The first-order chi connectivity index (χ1) is 7.18. The summed E-state index contributed by atoms with van der Waals surface area (Å²) in [6.45, 7) is 7.48. The lowest BCUT2D eigenvalue weighted by molar-refractivity contribution is 0.408. The van der Waals surface area contributed by atoms with Crippen LogP contribution in [0.25, 0.3) is 0 Å². The van der Waals surface area contributed by atoms with E-state index in [0.717, 1.165) is 24.0 Å². The summed E-state index contributed by atoms with van der Waals surface area (Å²) in [4.78, 5) is 4.29. The van der Waals surface area contributed by atoms with E-state index < -0.39 is 0 Å². The number of nitrogens with zero attached hydrogens (tertiary/aromatic N) is 1. The van der Waals surface area contributed by atoms with Crippen LogP contribution in [0.1, 0.15) is 51.0 Å². The molecule has 1 atom stereocenters. The number of hydrogen-bond acceptors (Lipinski definition) is 3. The van der Waals surface area contributed by atoms with E-state index >= 15 is 0 Å². The fourth-order valence-corrected chi connectivity index (χ4v) is 1.61. The molecule has 3 heteroatoms. The summed E-state index contributed by atoms with van der Waals surface area (Å²) in [5.41, 5.74) is 1.09. The highest BCUT2D eigenvalue weighted by Crippen LogP contribution is 2.27. The van der Waals surface area contributed by atoms with E-state index in [2.05, 4.69) is 31.1 Å². The molecule has 0 amide bonds. The van der Waals surface area contributed by atoms with Gasteiger partial charge in [0.15, 0.2) is 6.39 Å². The Morgan fingerprint density at radius 2 is 2.20 bits per heavy atom. The van der Waals surface area contributed by atoms with E-state index in [-0.39, 0.29) is 0 Å². The Morgan fingerprint density at radius 3 is 2.80 bits per heavy atom. The highest BCUT2D eigenvalue weighted by molar-refractivity contribution is 5.12. The van der Waals surface area contributed by atoms with Gasteiger partial charge >= 0.3 is 0 Å². The first kappa shape index (κ1) is 10.7. The predicted octanol–water partition coefficient (Wildman–Crippen LogP) is 2.69. The zero-order valence-electron chi connectivity index (χ0n) is 9.79. The van der Waals surface area contributed by atoms with Crippen LogP contribution in [-0.2, 0) is 6.54 Å². The molecule has 2 rings (SSSR count). The summed E-state index contributed by atoms with van der Waals surface area (Å²) in [5, 5.41) is 3.47. The van der Waals surface area contributed by atoms with Crippen LogP contribution in [0.15, 0.2) is 10.8 Å². The van der Waals surface area contributed by atoms with Gasteiger partial charge in [-0.2, -0.15) is 0 Å². The molecule has 1 unspecified atom stereocenters. The van der Waals surface area contributed by atoms with Gasteiger partial charge in [-0.25, -0.2) is 4.98 Å². The third-order valence-electron chi connectivity index (χ3n) is 3.22. The second kappa shape index (κ2) is 4.35. The predicted molar refractivity (Wildman–Crippen MR) is 59.6 cm³/mol. The van der Waals surface area contributed by atoms with E-state index in [1.807, 2.05) is 0 Å². The molecule has 0 spiro atoms. The molecule has 0 radical (unpaired) electrons. The van der Waals surface area contributed by atoms with Gasteiger partial charge in [-0.15, -0.1) is 0 Å². The largest absolute Gasteiger partial charge is 0.448 e. The molecule has 15 heavy (non-hydrogen) atoms. The van der Waals surface area contributed by atoms with Gasteiger partial charge in [-0.1, -0.05) is 20.8 Å². The quantitative estimate of drug-likeness (QED) is 0.808. The van der Waals surface area contributed by atoms with Crippen LogP contribution < -0.4 is 5.32 Å². The fraction of sp³-hybridized carbons (Fsp3) is 0.750. The molecule has 0 bridgehead atoms. The molecule has 1 aliphatic carbocycles. The fourth-order valence-electron chi connectivity index (χ4n) is 1.61. The van der Waals surface area contributed by atoms with E-state index in [9.17, 15) is 0 Å². The van der Waals surface area contributed by atoms with Gasteiger partial charge in [0.2, 0.25) is 0 Å². The second-order valence-corrected chi connectivity index (χ2v) is 4.85. The Hall–Kier alpha value is -0.830. The van der Waals surface area contributed by atoms with Crippen molar-refractivity contribution in [1.82, 2.24) is 10.3 Å². The lowest BCUT2D eigenvalue weighted by atomic mass is 9.94. The van der Waals surface area contributed by atoms with Crippen LogP contribution in [0.3, 0.4) is 0 Å². The number of aromatic nitrogens is 1. The minimum absolute atomic E-state index is 0.448. The number of hydrogen-bond donors (Lipinski definition) is 1. The zero-order chi connectivity index (χ0) is 10.8. The molecule has 1 aromatic rings. The first-order valence-electron chi connectivity index (χ1n) is 5.84. The Kier molecular flexibility index (Phi) is 3.10. The number of rotatable bonds is 5. The molecular weight excluding hydrogens is 188 g/mol. The van der Waals surface area contributed by atoms with E-state index in [4.69, 9.17) is 4.42 Å². The van der Waals surface area contributed by atoms with Crippen LogP contribution in [0, 0.1) is 5.92 Å². The molecule has 1 saturated carbocycles. The summed E-state index contributed by atoms with van der Waals surface area (Å²) >= 11 is 0. The molecule has 1 fully saturated rings. The number of nitrogens with one attached hydrogen (secondary N) is 1. The van der Waals surface area contributed by atoms with Gasteiger partial charge in [0, 0.05) is 18.5 Å². The summed E-state index contributed by atoms with van der Waals surface area (Å²) in [6, 6.07) is 0.726. The van der Waals surface area contributed by atoms with Gasteiger partial charge in [-0.05, 0) is 18.8 Å². The van der Waals surface area contributed by atoms with Crippen molar-refractivity contribution in [3.63, 3.8) is 0 Å². The van der Waals surface area contributed by atoms with Crippen molar-refractivity contribution in [2.75, 3.05) is 0 Å². The lowest BCUT2D eigenvalue weighted by Gasteiger charge is -2.13. The average molecular weight is 208 g/mol. The van der Waals surface area contributed by atoms with Crippen molar-refractivity contribution in [3.05, 3.63) is 17.8 Å². The van der Waals surface area contributed by atoms with E-state index in [1.54, 1.807) is 6.39 Å². The first-order valence-corrected chi connectivity index (χ1v) is 5.84. The molecule has 1 heterocycles. The normalized spacial score (nSPS) is 18.4. The molecule has 1 aromatic heterocycles.